The van der Waals surface area contributed by atoms with E-state index in [0.717, 1.165) is 16.8 Å². The first-order chi connectivity index (χ1) is 8.67. The Morgan fingerprint density at radius 2 is 2.06 bits per heavy atom. The zero-order valence-electron chi connectivity index (χ0n) is 9.85. The molecule has 1 heterocycles. The fourth-order valence-electron chi connectivity index (χ4n) is 1.47. The Morgan fingerprint density at radius 1 is 1.33 bits per heavy atom. The van der Waals surface area contributed by atoms with Gasteiger partial charge >= 0.3 is 0 Å². The summed E-state index contributed by atoms with van der Waals surface area (Å²) in [6.07, 6.45) is 1.92. The molecule has 4 nitrogen and oxygen atoms in total. The molecule has 0 saturated carbocycles. The number of hydrogen-bond acceptors (Lipinski definition) is 2. The molecule has 0 amide bonds. The first-order valence-electron chi connectivity index (χ1n) is 5.44. The Balaban J connectivity index is 2.02. The average Bonchev–Trinajstić information content (AvgIpc) is 2.79. The number of benzene rings is 1. The minimum atomic E-state index is 0.559. The molecule has 0 radical (unpaired) electrons. The summed E-state index contributed by atoms with van der Waals surface area (Å²) in [6, 6.07) is 10.1. The molecule has 18 heavy (non-hydrogen) atoms. The fraction of sp³-hybridized carbons (Fsp3) is 0.167. The molecule has 0 bridgehead atoms. The van der Waals surface area contributed by atoms with Gasteiger partial charge in [-0.3, -0.25) is 4.68 Å². The number of anilines is 1. The molecule has 2 N–H and O–H groups in total. The van der Waals surface area contributed by atoms with Crippen molar-refractivity contribution < 1.29 is 0 Å². The highest BCUT2D eigenvalue weighted by Crippen LogP contribution is 2.12. The molecule has 0 aliphatic heterocycles. The molecule has 0 aliphatic carbocycles. The van der Waals surface area contributed by atoms with Gasteiger partial charge in [0.25, 0.3) is 0 Å². The van der Waals surface area contributed by atoms with Crippen LogP contribution in [0.5, 0.6) is 0 Å². The van der Waals surface area contributed by atoms with E-state index in [9.17, 15) is 0 Å². The second kappa shape index (κ2) is 5.97. The van der Waals surface area contributed by atoms with E-state index in [1.54, 1.807) is 7.05 Å². The summed E-state index contributed by atoms with van der Waals surface area (Å²) in [5.41, 5.74) is 1.20. The van der Waals surface area contributed by atoms with Gasteiger partial charge in [0.1, 0.15) is 0 Å². The summed E-state index contributed by atoms with van der Waals surface area (Å²) in [5.74, 6) is 0.742. The SMILES string of the molecule is CNC(=S)Nc1ccn(Cc2ccc(Br)cc2)n1. The molecule has 0 unspecified atom stereocenters. The van der Waals surface area contributed by atoms with E-state index >= 15 is 0 Å². The number of nitrogens with one attached hydrogen (secondary N) is 2. The number of hydrogen-bond donors (Lipinski definition) is 2. The molecular formula is C12H13BrN4S. The van der Waals surface area contributed by atoms with E-state index in [1.807, 2.05) is 29.1 Å². The van der Waals surface area contributed by atoms with Crippen LogP contribution in [0.15, 0.2) is 41.0 Å². The van der Waals surface area contributed by atoms with Crippen molar-refractivity contribution in [3.8, 4) is 0 Å². The van der Waals surface area contributed by atoms with Crippen molar-refractivity contribution in [3.63, 3.8) is 0 Å². The van der Waals surface area contributed by atoms with Crippen LogP contribution in [0.4, 0.5) is 5.82 Å². The van der Waals surface area contributed by atoms with Gasteiger partial charge in [-0.05, 0) is 29.9 Å². The maximum Gasteiger partial charge on any atom is 0.171 e. The molecule has 1 aromatic heterocycles. The van der Waals surface area contributed by atoms with E-state index in [4.69, 9.17) is 12.2 Å². The topological polar surface area (TPSA) is 41.9 Å². The van der Waals surface area contributed by atoms with Gasteiger partial charge in [0.15, 0.2) is 10.9 Å². The molecule has 94 valence electrons. The standard InChI is InChI=1S/C12H13BrN4S/c1-14-12(18)15-11-6-7-17(16-11)8-9-2-4-10(13)5-3-9/h2-7H,8H2,1H3,(H2,14,15,16,18). The van der Waals surface area contributed by atoms with Gasteiger partial charge in [0.2, 0.25) is 0 Å². The van der Waals surface area contributed by atoms with E-state index in [0.29, 0.717) is 5.11 Å². The molecule has 0 aliphatic rings. The van der Waals surface area contributed by atoms with Gasteiger partial charge in [-0.15, -0.1) is 0 Å². The summed E-state index contributed by atoms with van der Waals surface area (Å²) in [7, 11) is 1.77. The summed E-state index contributed by atoms with van der Waals surface area (Å²) in [5, 5.41) is 10.8. The van der Waals surface area contributed by atoms with Gasteiger partial charge in [-0.25, -0.2) is 0 Å². The molecule has 0 spiro atoms. The van der Waals surface area contributed by atoms with Crippen molar-refractivity contribution in [1.82, 2.24) is 15.1 Å². The lowest BCUT2D eigenvalue weighted by atomic mass is 10.2. The molecule has 2 aromatic rings. The molecule has 1 aromatic carbocycles. The Labute approximate surface area is 120 Å². The van der Waals surface area contributed by atoms with Crippen LogP contribution in [-0.2, 0) is 6.54 Å². The largest absolute Gasteiger partial charge is 0.365 e. The molecule has 0 atom stereocenters. The summed E-state index contributed by atoms with van der Waals surface area (Å²) < 4.78 is 2.94. The number of aromatic nitrogens is 2. The highest BCUT2D eigenvalue weighted by atomic mass is 79.9. The second-order valence-electron chi connectivity index (χ2n) is 3.73. The quantitative estimate of drug-likeness (QED) is 0.852. The van der Waals surface area contributed by atoms with Gasteiger partial charge in [-0.2, -0.15) is 5.10 Å². The number of rotatable bonds is 3. The average molecular weight is 325 g/mol. The lowest BCUT2D eigenvalue weighted by molar-refractivity contribution is 0.690. The van der Waals surface area contributed by atoms with Crippen LogP contribution in [0.25, 0.3) is 0 Å². The molecule has 6 heteroatoms. The number of nitrogens with zero attached hydrogens (tertiary/aromatic N) is 2. The first-order valence-corrected chi connectivity index (χ1v) is 6.64. The summed E-state index contributed by atoms with van der Waals surface area (Å²) in [4.78, 5) is 0. The first kappa shape index (κ1) is 13.0. The van der Waals surface area contributed by atoms with Gasteiger partial charge in [-0.1, -0.05) is 28.1 Å². The maximum absolute atomic E-state index is 5.01. The van der Waals surface area contributed by atoms with Crippen LogP contribution in [0.3, 0.4) is 0 Å². The van der Waals surface area contributed by atoms with E-state index in [1.165, 1.54) is 5.56 Å². The van der Waals surface area contributed by atoms with Gasteiger partial charge in [0.05, 0.1) is 6.54 Å². The van der Waals surface area contributed by atoms with Crippen LogP contribution in [0, 0.1) is 0 Å². The second-order valence-corrected chi connectivity index (χ2v) is 5.05. The molecule has 0 saturated heterocycles. The van der Waals surface area contributed by atoms with E-state index in [2.05, 4.69) is 43.8 Å². The highest BCUT2D eigenvalue weighted by molar-refractivity contribution is 9.10. The van der Waals surface area contributed by atoms with Crippen LogP contribution >= 0.6 is 28.1 Å². The van der Waals surface area contributed by atoms with Crippen molar-refractivity contribution in [2.45, 2.75) is 6.54 Å². The third-order valence-electron chi connectivity index (χ3n) is 2.37. The van der Waals surface area contributed by atoms with Crippen molar-refractivity contribution in [2.24, 2.45) is 0 Å². The van der Waals surface area contributed by atoms with Gasteiger partial charge in [0, 0.05) is 23.8 Å². The van der Waals surface area contributed by atoms with Crippen LogP contribution in [0.1, 0.15) is 5.56 Å². The summed E-state index contributed by atoms with van der Waals surface area (Å²) in [6.45, 7) is 0.737. The number of thiocarbonyl (C=S) groups is 1. The Kier molecular flexibility index (Phi) is 4.33. The normalized spacial score (nSPS) is 10.1. The Bertz CT molecular complexity index is 535. The fourth-order valence-corrected chi connectivity index (χ4v) is 1.84. The number of halogens is 1. The minimum absolute atomic E-state index is 0.559. The van der Waals surface area contributed by atoms with Crippen molar-refractivity contribution in [2.75, 3.05) is 12.4 Å². The van der Waals surface area contributed by atoms with Crippen LogP contribution in [0.2, 0.25) is 0 Å². The smallest absolute Gasteiger partial charge is 0.171 e. The van der Waals surface area contributed by atoms with Gasteiger partial charge < -0.3 is 10.6 Å². The predicted octanol–water partition coefficient (Wildman–Crippen LogP) is 2.61. The summed E-state index contributed by atoms with van der Waals surface area (Å²) >= 11 is 8.43. The van der Waals surface area contributed by atoms with Crippen LogP contribution in [-0.4, -0.2) is 21.9 Å². The van der Waals surface area contributed by atoms with E-state index in [-0.39, 0.29) is 0 Å². The zero-order chi connectivity index (χ0) is 13.0. The monoisotopic (exact) mass is 324 g/mol. The Morgan fingerprint density at radius 3 is 2.72 bits per heavy atom. The van der Waals surface area contributed by atoms with E-state index < -0.39 is 0 Å². The minimum Gasteiger partial charge on any atom is -0.365 e. The lowest BCUT2D eigenvalue weighted by Gasteiger charge is -2.04. The third kappa shape index (κ3) is 3.54. The molecule has 0 fully saturated rings. The van der Waals surface area contributed by atoms with Crippen molar-refractivity contribution in [1.29, 1.82) is 0 Å². The maximum atomic E-state index is 5.01. The van der Waals surface area contributed by atoms with Crippen LogP contribution < -0.4 is 10.6 Å². The lowest BCUT2D eigenvalue weighted by Crippen LogP contribution is -2.24. The highest BCUT2D eigenvalue weighted by Gasteiger charge is 2.01. The van der Waals surface area contributed by atoms with Crippen molar-refractivity contribution >= 4 is 39.1 Å². The molecular weight excluding hydrogens is 312 g/mol. The van der Waals surface area contributed by atoms with Crippen molar-refractivity contribution in [3.05, 3.63) is 46.6 Å². The third-order valence-corrected chi connectivity index (χ3v) is 3.20. The Hall–Kier alpha value is -1.40. The predicted molar refractivity (Wildman–Crippen MR) is 80.8 cm³/mol. The molecule has 2 rings (SSSR count). The zero-order valence-corrected chi connectivity index (χ0v) is 12.3.